The molecule has 0 spiro atoms. The summed E-state index contributed by atoms with van der Waals surface area (Å²) in [4.78, 5) is 36.8. The van der Waals surface area contributed by atoms with Gasteiger partial charge in [-0.05, 0) is 37.0 Å². The Labute approximate surface area is 154 Å². The lowest BCUT2D eigenvalue weighted by Crippen LogP contribution is -2.41. The number of amides is 3. The van der Waals surface area contributed by atoms with Gasteiger partial charge in [0.2, 0.25) is 11.8 Å². The molecule has 0 bridgehead atoms. The topological polar surface area (TPSA) is 66.5 Å². The summed E-state index contributed by atoms with van der Waals surface area (Å²) in [5, 5.41) is 2.69. The largest absolute Gasteiger partial charge is 0.391 e. The van der Waals surface area contributed by atoms with Crippen molar-refractivity contribution in [3.05, 3.63) is 35.4 Å². The van der Waals surface area contributed by atoms with Gasteiger partial charge in [0.1, 0.15) is 0 Å². The number of rotatable bonds is 4. The SMILES string of the molecule is O=C(NC1CCCC(C(F)(F)F)C1)c1ccc(CN2C(=O)CCC2=O)cc1. The van der Waals surface area contributed by atoms with E-state index in [4.69, 9.17) is 0 Å². The number of hydrogen-bond donors (Lipinski definition) is 1. The number of alkyl halides is 3. The van der Waals surface area contributed by atoms with Crippen LogP contribution in [0, 0.1) is 5.92 Å². The Morgan fingerprint density at radius 2 is 1.70 bits per heavy atom. The zero-order valence-electron chi connectivity index (χ0n) is 14.7. The Morgan fingerprint density at radius 3 is 2.30 bits per heavy atom. The number of nitrogens with zero attached hydrogens (tertiary/aromatic N) is 1. The number of benzene rings is 1. The van der Waals surface area contributed by atoms with E-state index in [1.807, 2.05) is 0 Å². The molecule has 5 nitrogen and oxygen atoms in total. The summed E-state index contributed by atoms with van der Waals surface area (Å²) in [5.74, 6) is -2.20. The standard InChI is InChI=1S/C19H21F3N2O3/c20-19(21,22)14-2-1-3-15(10-14)23-18(27)13-6-4-12(5-7-13)11-24-16(25)8-9-17(24)26/h4-7,14-15H,1-3,8-11H2,(H,23,27). The first kappa shape index (κ1) is 19.4. The second-order valence-corrected chi connectivity index (χ2v) is 7.15. The lowest BCUT2D eigenvalue weighted by molar-refractivity contribution is -0.183. The molecule has 2 atom stereocenters. The first-order valence-electron chi connectivity index (χ1n) is 9.04. The normalized spacial score (nSPS) is 23.6. The van der Waals surface area contributed by atoms with Gasteiger partial charge >= 0.3 is 6.18 Å². The van der Waals surface area contributed by atoms with Crippen molar-refractivity contribution in [3.63, 3.8) is 0 Å². The molecule has 2 fully saturated rings. The van der Waals surface area contributed by atoms with Crippen molar-refractivity contribution in [2.24, 2.45) is 5.92 Å². The first-order chi connectivity index (χ1) is 12.7. The monoisotopic (exact) mass is 382 g/mol. The Morgan fingerprint density at radius 1 is 1.07 bits per heavy atom. The summed E-state index contributed by atoms with van der Waals surface area (Å²) in [6.07, 6.45) is -2.79. The van der Waals surface area contributed by atoms with Crippen LogP contribution in [0.4, 0.5) is 13.2 Å². The molecule has 1 aromatic rings. The van der Waals surface area contributed by atoms with Crippen molar-refractivity contribution in [3.8, 4) is 0 Å². The van der Waals surface area contributed by atoms with Crippen LogP contribution in [0.2, 0.25) is 0 Å². The molecule has 1 saturated carbocycles. The first-order valence-corrected chi connectivity index (χ1v) is 9.04. The third-order valence-electron chi connectivity index (χ3n) is 5.18. The van der Waals surface area contributed by atoms with Crippen LogP contribution in [-0.2, 0) is 16.1 Å². The van der Waals surface area contributed by atoms with Gasteiger partial charge in [0, 0.05) is 24.4 Å². The molecule has 27 heavy (non-hydrogen) atoms. The predicted octanol–water partition coefficient (Wildman–Crippen LogP) is 3.19. The molecule has 2 unspecified atom stereocenters. The third kappa shape index (κ3) is 4.67. The maximum Gasteiger partial charge on any atom is 0.391 e. The van der Waals surface area contributed by atoms with E-state index < -0.39 is 24.0 Å². The Balaban J connectivity index is 1.57. The lowest BCUT2D eigenvalue weighted by atomic mass is 9.85. The van der Waals surface area contributed by atoms with E-state index in [1.54, 1.807) is 24.3 Å². The van der Waals surface area contributed by atoms with Gasteiger partial charge in [0.15, 0.2) is 0 Å². The highest BCUT2D eigenvalue weighted by Gasteiger charge is 2.42. The van der Waals surface area contributed by atoms with Crippen LogP contribution in [0.5, 0.6) is 0 Å². The summed E-state index contributed by atoms with van der Waals surface area (Å²) < 4.78 is 38.6. The molecule has 1 aliphatic carbocycles. The Bertz CT molecular complexity index is 715. The van der Waals surface area contributed by atoms with Crippen LogP contribution in [0.25, 0.3) is 0 Å². The molecule has 1 heterocycles. The van der Waals surface area contributed by atoms with E-state index in [-0.39, 0.29) is 44.0 Å². The van der Waals surface area contributed by atoms with E-state index in [2.05, 4.69) is 5.32 Å². The van der Waals surface area contributed by atoms with E-state index in [0.29, 0.717) is 24.0 Å². The second kappa shape index (κ2) is 7.70. The number of carbonyl (C=O) groups is 3. The fourth-order valence-corrected chi connectivity index (χ4v) is 3.63. The molecule has 8 heteroatoms. The minimum absolute atomic E-state index is 0.0908. The smallest absolute Gasteiger partial charge is 0.349 e. The van der Waals surface area contributed by atoms with Crippen molar-refractivity contribution in [1.29, 1.82) is 0 Å². The van der Waals surface area contributed by atoms with Crippen LogP contribution >= 0.6 is 0 Å². The van der Waals surface area contributed by atoms with Gasteiger partial charge in [0.05, 0.1) is 12.5 Å². The van der Waals surface area contributed by atoms with Crippen molar-refractivity contribution < 1.29 is 27.6 Å². The van der Waals surface area contributed by atoms with Gasteiger partial charge in [-0.2, -0.15) is 13.2 Å². The summed E-state index contributed by atoms with van der Waals surface area (Å²) in [6.45, 7) is 0.162. The molecule has 1 aromatic carbocycles. The molecule has 0 radical (unpaired) electrons. The highest BCUT2D eigenvalue weighted by atomic mass is 19.4. The summed E-state index contributed by atoms with van der Waals surface area (Å²) in [6, 6.07) is 5.91. The van der Waals surface area contributed by atoms with E-state index in [0.717, 1.165) is 0 Å². The van der Waals surface area contributed by atoms with E-state index >= 15 is 0 Å². The van der Waals surface area contributed by atoms with Crippen LogP contribution < -0.4 is 5.32 Å². The number of hydrogen-bond acceptors (Lipinski definition) is 3. The summed E-state index contributed by atoms with van der Waals surface area (Å²) in [5.41, 5.74) is 1.05. The van der Waals surface area contributed by atoms with Crippen molar-refractivity contribution in [2.75, 3.05) is 0 Å². The fraction of sp³-hybridized carbons (Fsp3) is 0.526. The Hall–Kier alpha value is -2.38. The van der Waals surface area contributed by atoms with Crippen molar-refractivity contribution >= 4 is 17.7 Å². The molecule has 1 saturated heterocycles. The second-order valence-electron chi connectivity index (χ2n) is 7.15. The predicted molar refractivity (Wildman–Crippen MR) is 90.5 cm³/mol. The number of nitrogens with one attached hydrogen (secondary N) is 1. The molecular formula is C19H21F3N2O3. The molecule has 0 aromatic heterocycles. The van der Waals surface area contributed by atoms with Crippen LogP contribution in [0.3, 0.4) is 0 Å². The van der Waals surface area contributed by atoms with Gasteiger partial charge in [-0.15, -0.1) is 0 Å². The molecular weight excluding hydrogens is 361 g/mol. The van der Waals surface area contributed by atoms with Gasteiger partial charge in [-0.25, -0.2) is 0 Å². The Kier molecular flexibility index (Phi) is 5.53. The average Bonchev–Trinajstić information content (AvgIpc) is 2.94. The van der Waals surface area contributed by atoms with Crippen LogP contribution in [0.15, 0.2) is 24.3 Å². The zero-order chi connectivity index (χ0) is 19.6. The molecule has 2 aliphatic rings. The van der Waals surface area contributed by atoms with Gasteiger partial charge < -0.3 is 5.32 Å². The number of imide groups is 1. The van der Waals surface area contributed by atoms with Crippen LogP contribution in [0.1, 0.15) is 54.4 Å². The molecule has 146 valence electrons. The summed E-state index contributed by atoms with van der Waals surface area (Å²) in [7, 11) is 0. The van der Waals surface area contributed by atoms with Gasteiger partial charge in [-0.1, -0.05) is 18.6 Å². The number of halogens is 3. The van der Waals surface area contributed by atoms with Crippen molar-refractivity contribution in [1.82, 2.24) is 10.2 Å². The summed E-state index contributed by atoms with van der Waals surface area (Å²) >= 11 is 0. The third-order valence-corrected chi connectivity index (χ3v) is 5.18. The van der Waals surface area contributed by atoms with E-state index in [1.165, 1.54) is 4.90 Å². The molecule has 3 amide bonds. The average molecular weight is 382 g/mol. The highest BCUT2D eigenvalue weighted by Crippen LogP contribution is 2.37. The highest BCUT2D eigenvalue weighted by molar-refractivity contribution is 6.01. The maximum atomic E-state index is 12.9. The molecule has 1 N–H and O–H groups in total. The van der Waals surface area contributed by atoms with Gasteiger partial charge in [-0.3, -0.25) is 19.3 Å². The molecule has 1 aliphatic heterocycles. The lowest BCUT2D eigenvalue weighted by Gasteiger charge is -2.31. The van der Waals surface area contributed by atoms with Crippen molar-refractivity contribution in [2.45, 2.75) is 57.3 Å². The quantitative estimate of drug-likeness (QED) is 0.814. The minimum atomic E-state index is -4.23. The zero-order valence-corrected chi connectivity index (χ0v) is 14.7. The number of likely N-dealkylation sites (tertiary alicyclic amines) is 1. The van der Waals surface area contributed by atoms with E-state index in [9.17, 15) is 27.6 Å². The molecule has 3 rings (SSSR count). The van der Waals surface area contributed by atoms with Gasteiger partial charge in [0.25, 0.3) is 5.91 Å². The maximum absolute atomic E-state index is 12.9. The fourth-order valence-electron chi connectivity index (χ4n) is 3.63. The minimum Gasteiger partial charge on any atom is -0.349 e. The van der Waals surface area contributed by atoms with Crippen LogP contribution in [-0.4, -0.2) is 34.8 Å². The number of carbonyl (C=O) groups excluding carboxylic acids is 3.